The predicted molar refractivity (Wildman–Crippen MR) is 72.7 cm³/mol. The van der Waals surface area contributed by atoms with Gasteiger partial charge in [0.15, 0.2) is 0 Å². The maximum atomic E-state index is 11.3. The minimum Gasteiger partial charge on any atom is -0.281 e. The Bertz CT molecular complexity index is 698. The molecule has 0 heterocycles. The van der Waals surface area contributed by atoms with Gasteiger partial charge in [-0.1, -0.05) is 23.2 Å². The summed E-state index contributed by atoms with van der Waals surface area (Å²) in [6.07, 6.45) is 0.918. The molecule has 1 N–H and O–H groups in total. The van der Waals surface area contributed by atoms with Crippen LogP contribution in [0, 0.1) is 6.92 Å². The van der Waals surface area contributed by atoms with Crippen LogP contribution in [0.2, 0.25) is 10.0 Å². The van der Waals surface area contributed by atoms with Crippen LogP contribution in [0.5, 0.6) is 0 Å². The van der Waals surface area contributed by atoms with E-state index >= 15 is 0 Å². The van der Waals surface area contributed by atoms with Gasteiger partial charge in [0.1, 0.15) is 0 Å². The van der Waals surface area contributed by atoms with Crippen LogP contribution in [0.4, 0.5) is 5.69 Å². The SMILES string of the molecule is Cc1c(S(=O)(=O)Cl)cc(Cl)c(NS(C)(=O)=O)c1Cl. The van der Waals surface area contributed by atoms with Gasteiger partial charge in [-0.2, -0.15) is 0 Å². The molecule has 10 heteroatoms. The van der Waals surface area contributed by atoms with Gasteiger partial charge in [-0.15, -0.1) is 0 Å². The lowest BCUT2D eigenvalue weighted by atomic mass is 10.2. The fraction of sp³-hybridized carbons (Fsp3) is 0.250. The van der Waals surface area contributed by atoms with E-state index in [1.54, 1.807) is 0 Å². The third kappa shape index (κ3) is 3.64. The number of anilines is 1. The average molecular weight is 353 g/mol. The first-order valence-corrected chi connectivity index (χ1v) is 9.30. The first-order valence-electron chi connectivity index (χ1n) is 4.34. The van der Waals surface area contributed by atoms with E-state index < -0.39 is 19.1 Å². The zero-order valence-corrected chi connectivity index (χ0v) is 13.1. The number of hydrogen-bond donors (Lipinski definition) is 1. The average Bonchev–Trinajstić information content (AvgIpc) is 2.15. The van der Waals surface area contributed by atoms with Gasteiger partial charge in [0, 0.05) is 10.7 Å². The summed E-state index contributed by atoms with van der Waals surface area (Å²) in [6.45, 7) is 1.39. The molecule has 0 unspecified atom stereocenters. The Hall–Kier alpha value is -0.210. The molecule has 0 amide bonds. The number of benzene rings is 1. The highest BCUT2D eigenvalue weighted by molar-refractivity contribution is 8.13. The summed E-state index contributed by atoms with van der Waals surface area (Å²) in [5.74, 6) is 0. The molecule has 0 aliphatic rings. The molecule has 1 rings (SSSR count). The molecule has 0 atom stereocenters. The largest absolute Gasteiger partial charge is 0.281 e. The topological polar surface area (TPSA) is 80.3 Å². The van der Waals surface area contributed by atoms with Crippen molar-refractivity contribution in [1.29, 1.82) is 0 Å². The van der Waals surface area contributed by atoms with Crippen molar-refractivity contribution >= 4 is 58.6 Å². The lowest BCUT2D eigenvalue weighted by molar-refractivity contribution is 0.606. The normalized spacial score (nSPS) is 12.5. The molecule has 102 valence electrons. The summed E-state index contributed by atoms with van der Waals surface area (Å²) < 4.78 is 46.9. The lowest BCUT2D eigenvalue weighted by Gasteiger charge is -2.13. The first kappa shape index (κ1) is 15.8. The third-order valence-electron chi connectivity index (χ3n) is 1.97. The lowest BCUT2D eigenvalue weighted by Crippen LogP contribution is -2.11. The van der Waals surface area contributed by atoms with Gasteiger partial charge < -0.3 is 0 Å². The second kappa shape index (κ2) is 5.05. The van der Waals surface area contributed by atoms with Crippen molar-refractivity contribution in [3.05, 3.63) is 21.7 Å². The molecule has 1 aromatic carbocycles. The second-order valence-corrected chi connectivity index (χ2v) is 8.55. The van der Waals surface area contributed by atoms with Gasteiger partial charge in [0.25, 0.3) is 9.05 Å². The third-order valence-corrected chi connectivity index (χ3v) is 4.76. The Balaban J connectivity index is 3.58. The number of halogens is 3. The number of sulfonamides is 1. The summed E-state index contributed by atoms with van der Waals surface area (Å²) in [5.41, 5.74) is 0.0321. The van der Waals surface area contributed by atoms with E-state index in [-0.39, 0.29) is 26.2 Å². The van der Waals surface area contributed by atoms with Crippen LogP contribution in [-0.4, -0.2) is 23.1 Å². The molecule has 0 bridgehead atoms. The Labute approximate surface area is 120 Å². The summed E-state index contributed by atoms with van der Waals surface area (Å²) in [5, 5.41) is -0.276. The molecular weight excluding hydrogens is 345 g/mol. The van der Waals surface area contributed by atoms with E-state index in [1.165, 1.54) is 6.92 Å². The zero-order chi connectivity index (χ0) is 14.3. The maximum Gasteiger partial charge on any atom is 0.261 e. The Morgan fingerprint density at radius 1 is 1.17 bits per heavy atom. The minimum atomic E-state index is -4.01. The molecule has 0 saturated heterocycles. The van der Waals surface area contributed by atoms with E-state index in [9.17, 15) is 16.8 Å². The van der Waals surface area contributed by atoms with Crippen molar-refractivity contribution < 1.29 is 16.8 Å². The highest BCUT2D eigenvalue weighted by atomic mass is 35.7. The molecule has 5 nitrogen and oxygen atoms in total. The van der Waals surface area contributed by atoms with Crippen molar-refractivity contribution in [2.45, 2.75) is 11.8 Å². The first-order chi connectivity index (χ1) is 7.93. The van der Waals surface area contributed by atoms with Crippen LogP contribution >= 0.6 is 33.9 Å². The maximum absolute atomic E-state index is 11.3. The van der Waals surface area contributed by atoms with Crippen molar-refractivity contribution in [2.75, 3.05) is 11.0 Å². The quantitative estimate of drug-likeness (QED) is 0.848. The van der Waals surface area contributed by atoms with Gasteiger partial charge in [-0.25, -0.2) is 16.8 Å². The van der Waals surface area contributed by atoms with Gasteiger partial charge in [0.05, 0.1) is 26.9 Å². The van der Waals surface area contributed by atoms with E-state index in [1.807, 2.05) is 0 Å². The molecule has 1 aromatic rings. The van der Waals surface area contributed by atoms with Gasteiger partial charge in [0.2, 0.25) is 10.0 Å². The van der Waals surface area contributed by atoms with E-state index in [2.05, 4.69) is 4.72 Å². The van der Waals surface area contributed by atoms with Crippen LogP contribution in [0.3, 0.4) is 0 Å². The van der Waals surface area contributed by atoms with Crippen molar-refractivity contribution in [3.8, 4) is 0 Å². The molecule has 0 radical (unpaired) electrons. The molecule has 0 aliphatic carbocycles. The van der Waals surface area contributed by atoms with E-state index in [0.717, 1.165) is 12.3 Å². The van der Waals surface area contributed by atoms with Crippen molar-refractivity contribution in [2.24, 2.45) is 0 Å². The van der Waals surface area contributed by atoms with E-state index in [0.29, 0.717) is 0 Å². The fourth-order valence-corrected chi connectivity index (χ4v) is 3.80. The summed E-state index contributed by atoms with van der Waals surface area (Å²) in [7, 11) is -2.39. The van der Waals surface area contributed by atoms with Crippen LogP contribution in [0.1, 0.15) is 5.56 Å². The Kier molecular flexibility index (Phi) is 4.45. The molecule has 0 saturated carbocycles. The fourth-order valence-electron chi connectivity index (χ4n) is 1.23. The Morgan fingerprint density at radius 2 is 1.67 bits per heavy atom. The standard InChI is InChI=1S/C8H8Cl3NO4S2/c1-4-6(18(11,15)16)3-5(9)8(7(4)10)12-17(2,13)14/h3,12H,1-2H3. The van der Waals surface area contributed by atoms with Gasteiger partial charge in [-0.05, 0) is 18.6 Å². The number of rotatable bonds is 3. The smallest absolute Gasteiger partial charge is 0.261 e. The number of hydrogen-bond acceptors (Lipinski definition) is 4. The second-order valence-electron chi connectivity index (χ2n) is 3.48. The van der Waals surface area contributed by atoms with Crippen molar-refractivity contribution in [3.63, 3.8) is 0 Å². The number of nitrogens with one attached hydrogen (secondary N) is 1. The summed E-state index contributed by atoms with van der Waals surface area (Å²) in [6, 6.07) is 1.04. The van der Waals surface area contributed by atoms with E-state index in [4.69, 9.17) is 33.9 Å². The summed E-state index contributed by atoms with van der Waals surface area (Å²) >= 11 is 11.7. The zero-order valence-electron chi connectivity index (χ0n) is 9.16. The van der Waals surface area contributed by atoms with Crippen molar-refractivity contribution in [1.82, 2.24) is 0 Å². The van der Waals surface area contributed by atoms with Crippen LogP contribution in [0.15, 0.2) is 11.0 Å². The highest BCUT2D eigenvalue weighted by Crippen LogP contribution is 2.38. The molecular formula is C8H8Cl3NO4S2. The highest BCUT2D eigenvalue weighted by Gasteiger charge is 2.22. The molecule has 0 aromatic heterocycles. The van der Waals surface area contributed by atoms with Crippen LogP contribution in [-0.2, 0) is 19.1 Å². The predicted octanol–water partition coefficient (Wildman–Crippen LogP) is 2.60. The minimum absolute atomic E-state index is 0.0811. The molecule has 0 spiro atoms. The van der Waals surface area contributed by atoms with Gasteiger partial charge >= 0.3 is 0 Å². The Morgan fingerprint density at radius 3 is 2.06 bits per heavy atom. The molecule has 0 fully saturated rings. The summed E-state index contributed by atoms with van der Waals surface area (Å²) in [4.78, 5) is -0.266. The monoisotopic (exact) mass is 351 g/mol. The van der Waals surface area contributed by atoms with Crippen LogP contribution in [0.25, 0.3) is 0 Å². The van der Waals surface area contributed by atoms with Gasteiger partial charge in [-0.3, -0.25) is 4.72 Å². The van der Waals surface area contributed by atoms with Crippen LogP contribution < -0.4 is 4.72 Å². The molecule has 0 aliphatic heterocycles. The molecule has 18 heavy (non-hydrogen) atoms.